The number of methoxy groups -OCH3 is 2. The summed E-state index contributed by atoms with van der Waals surface area (Å²) in [5, 5.41) is 6.77. The Morgan fingerprint density at radius 2 is 1.90 bits per heavy atom. The first-order chi connectivity index (χ1) is 14.1. The summed E-state index contributed by atoms with van der Waals surface area (Å²) in [7, 11) is 3.16. The molecule has 0 radical (unpaired) electrons. The minimum atomic E-state index is -0.215. The molecule has 8 heteroatoms. The Morgan fingerprint density at radius 1 is 1.10 bits per heavy atom. The smallest absolute Gasteiger partial charge is 0.265 e. The molecule has 3 aromatic rings. The molecule has 1 heterocycles. The molecule has 3 rings (SSSR count). The molecule has 0 unspecified atom stereocenters. The predicted molar refractivity (Wildman–Crippen MR) is 115 cm³/mol. The van der Waals surface area contributed by atoms with Crippen LogP contribution in [0.3, 0.4) is 0 Å². The van der Waals surface area contributed by atoms with Gasteiger partial charge in [0.25, 0.3) is 5.91 Å². The largest absolute Gasteiger partial charge is 0.493 e. The molecule has 3 N–H and O–H groups in total. The number of nitrogens with one attached hydrogen (secondary N) is 1. The zero-order valence-corrected chi connectivity index (χ0v) is 16.9. The van der Waals surface area contributed by atoms with E-state index in [2.05, 4.69) is 10.5 Å². The summed E-state index contributed by atoms with van der Waals surface area (Å²) < 4.78 is 10.5. The number of nitrogen functional groups attached to an aromatic ring is 1. The topological polar surface area (TPSA) is 95.2 Å². The SMILES string of the molecule is COc1ccc(C=NOCc2ccc(C(=O)Nc3ccccc3N)s2)cc1OC. The van der Waals surface area contributed by atoms with Gasteiger partial charge in [-0.05, 0) is 42.5 Å². The van der Waals surface area contributed by atoms with Crippen LogP contribution < -0.4 is 20.5 Å². The standard InChI is InChI=1S/C21H21N3O4S/c1-26-18-9-7-14(11-19(18)27-2)12-23-28-13-15-8-10-20(29-15)21(25)24-17-6-4-3-5-16(17)22/h3-12H,13,22H2,1-2H3,(H,24,25). The molecule has 2 aromatic carbocycles. The van der Waals surface area contributed by atoms with Gasteiger partial charge < -0.3 is 25.4 Å². The first kappa shape index (κ1) is 20.2. The number of nitrogens with zero attached hydrogens (tertiary/aromatic N) is 1. The molecule has 29 heavy (non-hydrogen) atoms. The van der Waals surface area contributed by atoms with Gasteiger partial charge in [0.15, 0.2) is 18.1 Å². The Balaban J connectivity index is 1.55. The van der Waals surface area contributed by atoms with Crippen LogP contribution in [-0.2, 0) is 11.4 Å². The fourth-order valence-corrected chi connectivity index (χ4v) is 3.31. The van der Waals surface area contributed by atoms with E-state index in [9.17, 15) is 4.79 Å². The van der Waals surface area contributed by atoms with Gasteiger partial charge in [-0.25, -0.2) is 0 Å². The van der Waals surface area contributed by atoms with Crippen LogP contribution in [-0.4, -0.2) is 26.3 Å². The molecule has 0 saturated carbocycles. The van der Waals surface area contributed by atoms with E-state index in [4.69, 9.17) is 20.0 Å². The predicted octanol–water partition coefficient (Wildman–Crippen LogP) is 4.15. The molecular weight excluding hydrogens is 390 g/mol. The number of amides is 1. The highest BCUT2D eigenvalue weighted by atomic mass is 32.1. The molecule has 0 bridgehead atoms. The lowest BCUT2D eigenvalue weighted by Crippen LogP contribution is -2.11. The van der Waals surface area contributed by atoms with Crippen LogP contribution >= 0.6 is 11.3 Å². The number of rotatable bonds is 8. The van der Waals surface area contributed by atoms with E-state index < -0.39 is 0 Å². The molecule has 0 saturated heterocycles. The molecule has 150 valence electrons. The van der Waals surface area contributed by atoms with Crippen LogP contribution in [0.5, 0.6) is 11.5 Å². The van der Waals surface area contributed by atoms with E-state index in [-0.39, 0.29) is 12.5 Å². The number of nitrogens with two attached hydrogens (primary N) is 1. The van der Waals surface area contributed by atoms with Crippen molar-refractivity contribution in [1.29, 1.82) is 0 Å². The zero-order chi connectivity index (χ0) is 20.6. The third kappa shape index (κ3) is 5.26. The highest BCUT2D eigenvalue weighted by molar-refractivity contribution is 7.14. The molecule has 0 aliphatic heterocycles. The normalized spacial score (nSPS) is 10.7. The number of para-hydroxylation sites is 2. The number of carbonyl (C=O) groups is 1. The Morgan fingerprint density at radius 3 is 2.66 bits per heavy atom. The molecular formula is C21H21N3O4S. The van der Waals surface area contributed by atoms with Crippen LogP contribution in [0, 0.1) is 0 Å². The maximum absolute atomic E-state index is 12.4. The summed E-state index contributed by atoms with van der Waals surface area (Å²) >= 11 is 1.34. The fraction of sp³-hybridized carbons (Fsp3) is 0.143. The van der Waals surface area contributed by atoms with Gasteiger partial charge in [0, 0.05) is 10.4 Å². The van der Waals surface area contributed by atoms with Gasteiger partial charge in [0.2, 0.25) is 0 Å². The third-order valence-electron chi connectivity index (χ3n) is 3.99. The molecule has 0 atom stereocenters. The van der Waals surface area contributed by atoms with E-state index in [1.807, 2.05) is 24.3 Å². The maximum atomic E-state index is 12.4. The minimum Gasteiger partial charge on any atom is -0.493 e. The molecule has 7 nitrogen and oxygen atoms in total. The fourth-order valence-electron chi connectivity index (χ4n) is 2.50. The van der Waals surface area contributed by atoms with Gasteiger partial charge >= 0.3 is 0 Å². The third-order valence-corrected chi connectivity index (χ3v) is 5.04. The number of carbonyl (C=O) groups excluding carboxylic acids is 1. The molecule has 0 aliphatic carbocycles. The summed E-state index contributed by atoms with van der Waals surface area (Å²) in [5.41, 5.74) is 7.77. The quantitative estimate of drug-likeness (QED) is 0.330. The number of anilines is 2. The van der Waals surface area contributed by atoms with Crippen LogP contribution in [0.15, 0.2) is 59.8 Å². The van der Waals surface area contributed by atoms with Crippen molar-refractivity contribution in [2.75, 3.05) is 25.3 Å². The Labute approximate surface area is 172 Å². The lowest BCUT2D eigenvalue weighted by Gasteiger charge is -2.07. The lowest BCUT2D eigenvalue weighted by atomic mass is 10.2. The van der Waals surface area contributed by atoms with Crippen molar-refractivity contribution in [2.45, 2.75) is 6.61 Å². The first-order valence-corrected chi connectivity index (χ1v) is 9.54. The van der Waals surface area contributed by atoms with Crippen molar-refractivity contribution in [3.8, 4) is 11.5 Å². The van der Waals surface area contributed by atoms with Crippen molar-refractivity contribution in [3.63, 3.8) is 0 Å². The van der Waals surface area contributed by atoms with Crippen LogP contribution in [0.1, 0.15) is 20.1 Å². The average molecular weight is 411 g/mol. The summed E-state index contributed by atoms with van der Waals surface area (Å²) in [6.45, 7) is 0.259. The van der Waals surface area contributed by atoms with Gasteiger partial charge in [-0.3, -0.25) is 4.79 Å². The molecule has 0 spiro atoms. The van der Waals surface area contributed by atoms with Crippen molar-refractivity contribution in [2.24, 2.45) is 5.16 Å². The Hall–Kier alpha value is -3.52. The lowest BCUT2D eigenvalue weighted by molar-refractivity contribution is 0.103. The molecule has 1 aromatic heterocycles. The highest BCUT2D eigenvalue weighted by Crippen LogP contribution is 2.27. The number of hydrogen-bond donors (Lipinski definition) is 2. The number of thiophene rings is 1. The van der Waals surface area contributed by atoms with E-state index in [1.54, 1.807) is 50.8 Å². The van der Waals surface area contributed by atoms with Crippen molar-refractivity contribution >= 4 is 34.8 Å². The number of hydrogen-bond acceptors (Lipinski definition) is 7. The second-order valence-corrected chi connectivity index (χ2v) is 7.10. The minimum absolute atomic E-state index is 0.215. The summed E-state index contributed by atoms with van der Waals surface area (Å²) in [5.74, 6) is 1.05. The monoisotopic (exact) mass is 411 g/mol. The second kappa shape index (κ2) is 9.61. The van der Waals surface area contributed by atoms with E-state index in [1.165, 1.54) is 11.3 Å². The van der Waals surface area contributed by atoms with Crippen molar-refractivity contribution < 1.29 is 19.1 Å². The average Bonchev–Trinajstić information content (AvgIpc) is 3.22. The van der Waals surface area contributed by atoms with E-state index >= 15 is 0 Å². The Kier molecular flexibility index (Phi) is 6.70. The van der Waals surface area contributed by atoms with Gasteiger partial charge in [-0.15, -0.1) is 11.3 Å². The van der Waals surface area contributed by atoms with Crippen molar-refractivity contribution in [1.82, 2.24) is 0 Å². The number of benzene rings is 2. The summed E-state index contributed by atoms with van der Waals surface area (Å²) in [4.78, 5) is 19.1. The number of ether oxygens (including phenoxy) is 2. The Bertz CT molecular complexity index is 1020. The second-order valence-electron chi connectivity index (χ2n) is 5.93. The van der Waals surface area contributed by atoms with E-state index in [0.717, 1.165) is 10.4 Å². The van der Waals surface area contributed by atoms with Crippen LogP contribution in [0.4, 0.5) is 11.4 Å². The van der Waals surface area contributed by atoms with Crippen LogP contribution in [0.2, 0.25) is 0 Å². The molecule has 0 aliphatic rings. The van der Waals surface area contributed by atoms with Crippen molar-refractivity contribution in [3.05, 3.63) is 69.9 Å². The first-order valence-electron chi connectivity index (χ1n) is 8.72. The van der Waals surface area contributed by atoms with Crippen LogP contribution in [0.25, 0.3) is 0 Å². The van der Waals surface area contributed by atoms with E-state index in [0.29, 0.717) is 27.8 Å². The molecule has 1 amide bonds. The molecule has 0 fully saturated rings. The maximum Gasteiger partial charge on any atom is 0.265 e. The summed E-state index contributed by atoms with van der Waals surface area (Å²) in [6.07, 6.45) is 1.58. The number of oxime groups is 1. The van der Waals surface area contributed by atoms with Gasteiger partial charge in [-0.1, -0.05) is 17.3 Å². The van der Waals surface area contributed by atoms with Gasteiger partial charge in [0.05, 0.1) is 36.7 Å². The highest BCUT2D eigenvalue weighted by Gasteiger charge is 2.11. The van der Waals surface area contributed by atoms with Gasteiger partial charge in [-0.2, -0.15) is 0 Å². The zero-order valence-electron chi connectivity index (χ0n) is 16.0. The van der Waals surface area contributed by atoms with Gasteiger partial charge in [0.1, 0.15) is 0 Å². The summed E-state index contributed by atoms with van der Waals surface area (Å²) in [6, 6.07) is 16.1.